The summed E-state index contributed by atoms with van der Waals surface area (Å²) in [4.78, 5) is 40.6. The van der Waals surface area contributed by atoms with Gasteiger partial charge in [0.2, 0.25) is 0 Å². The number of nitrogens with one attached hydrogen (secondary N) is 1. The fraction of sp³-hybridized carbons (Fsp3) is 0.308. The summed E-state index contributed by atoms with van der Waals surface area (Å²) in [6.45, 7) is 3.69. The molecule has 0 bridgehead atoms. The minimum Gasteiger partial charge on any atom is -0.462 e. The van der Waals surface area contributed by atoms with Gasteiger partial charge in [0.05, 0.1) is 12.8 Å². The SMILES string of the molecule is CCOC(=O)c1cnn2c(NCc3ccccc3)c(C(=O)N3CCC(c4cncnc4)CC3)cnc12. The van der Waals surface area contributed by atoms with Crippen LogP contribution in [-0.4, -0.2) is 61.0 Å². The zero-order valence-corrected chi connectivity index (χ0v) is 20.0. The first-order valence-electron chi connectivity index (χ1n) is 12.0. The number of ether oxygens (including phenoxy) is 1. The zero-order chi connectivity index (χ0) is 24.9. The molecule has 1 saturated heterocycles. The predicted octanol–water partition coefficient (Wildman–Crippen LogP) is 3.33. The van der Waals surface area contributed by atoms with E-state index in [1.807, 2.05) is 47.6 Å². The first kappa shape index (κ1) is 23.4. The van der Waals surface area contributed by atoms with E-state index in [0.717, 1.165) is 24.0 Å². The molecule has 4 aromatic rings. The van der Waals surface area contributed by atoms with E-state index >= 15 is 0 Å². The van der Waals surface area contributed by atoms with Crippen molar-refractivity contribution in [3.63, 3.8) is 0 Å². The quantitative estimate of drug-likeness (QED) is 0.397. The van der Waals surface area contributed by atoms with Crippen molar-refractivity contribution in [3.05, 3.63) is 83.7 Å². The molecule has 184 valence electrons. The molecule has 1 aliphatic heterocycles. The summed E-state index contributed by atoms with van der Waals surface area (Å²) in [5.41, 5.74) is 3.14. The molecule has 4 heterocycles. The number of piperidine rings is 1. The number of hydrogen-bond donors (Lipinski definition) is 1. The van der Waals surface area contributed by atoms with Gasteiger partial charge < -0.3 is 15.0 Å². The number of likely N-dealkylation sites (tertiary alicyclic amines) is 1. The summed E-state index contributed by atoms with van der Waals surface area (Å²) in [5, 5.41) is 7.74. The molecule has 3 aromatic heterocycles. The number of fused-ring (bicyclic) bond motifs is 1. The van der Waals surface area contributed by atoms with Crippen LogP contribution in [0.5, 0.6) is 0 Å². The van der Waals surface area contributed by atoms with Crippen LogP contribution in [0.25, 0.3) is 5.65 Å². The monoisotopic (exact) mass is 485 g/mol. The number of esters is 1. The fourth-order valence-corrected chi connectivity index (χ4v) is 4.50. The summed E-state index contributed by atoms with van der Waals surface area (Å²) in [6.07, 6.45) is 9.82. The number of carbonyl (C=O) groups excluding carboxylic acids is 2. The van der Waals surface area contributed by atoms with Crippen molar-refractivity contribution in [1.82, 2.24) is 29.5 Å². The lowest BCUT2D eigenvalue weighted by molar-refractivity contribution is 0.0528. The molecule has 1 fully saturated rings. The highest BCUT2D eigenvalue weighted by Gasteiger charge is 2.28. The van der Waals surface area contributed by atoms with E-state index in [9.17, 15) is 9.59 Å². The number of aromatic nitrogens is 5. The van der Waals surface area contributed by atoms with E-state index in [0.29, 0.717) is 42.6 Å². The lowest BCUT2D eigenvalue weighted by atomic mass is 9.91. The molecular formula is C26H27N7O3. The van der Waals surface area contributed by atoms with Gasteiger partial charge in [0.1, 0.15) is 23.3 Å². The topological polar surface area (TPSA) is 115 Å². The summed E-state index contributed by atoms with van der Waals surface area (Å²) >= 11 is 0. The van der Waals surface area contributed by atoms with Gasteiger partial charge in [-0.05, 0) is 36.8 Å². The molecule has 1 N–H and O–H groups in total. The first-order valence-corrected chi connectivity index (χ1v) is 12.0. The molecular weight excluding hydrogens is 458 g/mol. The maximum atomic E-state index is 13.7. The van der Waals surface area contributed by atoms with Gasteiger partial charge in [0, 0.05) is 38.2 Å². The molecule has 0 saturated carbocycles. The van der Waals surface area contributed by atoms with Gasteiger partial charge in [0.25, 0.3) is 5.91 Å². The number of benzene rings is 1. The fourth-order valence-electron chi connectivity index (χ4n) is 4.50. The largest absolute Gasteiger partial charge is 0.462 e. The van der Waals surface area contributed by atoms with Crippen molar-refractivity contribution < 1.29 is 14.3 Å². The van der Waals surface area contributed by atoms with Crippen molar-refractivity contribution in [2.24, 2.45) is 0 Å². The molecule has 0 atom stereocenters. The van der Waals surface area contributed by atoms with Crippen LogP contribution in [0.2, 0.25) is 0 Å². The van der Waals surface area contributed by atoms with Gasteiger partial charge in [-0.2, -0.15) is 9.61 Å². The summed E-state index contributed by atoms with van der Waals surface area (Å²) < 4.78 is 6.66. The molecule has 0 spiro atoms. The van der Waals surface area contributed by atoms with Crippen LogP contribution < -0.4 is 5.32 Å². The second-order valence-electron chi connectivity index (χ2n) is 8.61. The lowest BCUT2D eigenvalue weighted by Gasteiger charge is -2.32. The van der Waals surface area contributed by atoms with Crippen LogP contribution in [0.1, 0.15) is 57.5 Å². The average Bonchev–Trinajstić information content (AvgIpc) is 3.37. The van der Waals surface area contributed by atoms with Gasteiger partial charge >= 0.3 is 5.97 Å². The second kappa shape index (κ2) is 10.5. The van der Waals surface area contributed by atoms with Crippen molar-refractivity contribution in [3.8, 4) is 0 Å². The third-order valence-corrected chi connectivity index (χ3v) is 6.39. The zero-order valence-electron chi connectivity index (χ0n) is 20.0. The molecule has 5 rings (SSSR count). The van der Waals surface area contributed by atoms with Crippen LogP contribution in [0, 0.1) is 0 Å². The number of rotatable bonds is 7. The minimum atomic E-state index is -0.500. The highest BCUT2D eigenvalue weighted by molar-refractivity contribution is 6.00. The Morgan fingerprint density at radius 3 is 2.50 bits per heavy atom. The summed E-state index contributed by atoms with van der Waals surface area (Å²) in [7, 11) is 0. The van der Waals surface area contributed by atoms with E-state index in [2.05, 4.69) is 25.4 Å². The Morgan fingerprint density at radius 2 is 1.78 bits per heavy atom. The third-order valence-electron chi connectivity index (χ3n) is 6.39. The van der Waals surface area contributed by atoms with Gasteiger partial charge in [-0.3, -0.25) is 4.79 Å². The average molecular weight is 486 g/mol. The van der Waals surface area contributed by atoms with E-state index < -0.39 is 5.97 Å². The maximum absolute atomic E-state index is 13.7. The van der Waals surface area contributed by atoms with Crippen LogP contribution in [0.15, 0.2) is 61.4 Å². The third kappa shape index (κ3) is 4.74. The Bertz CT molecular complexity index is 1350. The van der Waals surface area contributed by atoms with Crippen LogP contribution in [-0.2, 0) is 11.3 Å². The van der Waals surface area contributed by atoms with E-state index in [-0.39, 0.29) is 18.1 Å². The Hall–Kier alpha value is -4.34. The molecule has 0 radical (unpaired) electrons. The molecule has 1 amide bonds. The number of anilines is 1. The Morgan fingerprint density at radius 1 is 1.03 bits per heavy atom. The van der Waals surface area contributed by atoms with Gasteiger partial charge in [-0.1, -0.05) is 30.3 Å². The molecule has 0 aliphatic carbocycles. The van der Waals surface area contributed by atoms with E-state index in [4.69, 9.17) is 4.74 Å². The van der Waals surface area contributed by atoms with E-state index in [1.54, 1.807) is 6.92 Å². The van der Waals surface area contributed by atoms with Crippen molar-refractivity contribution in [1.29, 1.82) is 0 Å². The van der Waals surface area contributed by atoms with Gasteiger partial charge in [0.15, 0.2) is 5.65 Å². The number of nitrogens with zero attached hydrogens (tertiary/aromatic N) is 6. The number of hydrogen-bond acceptors (Lipinski definition) is 8. The molecule has 1 aromatic carbocycles. The minimum absolute atomic E-state index is 0.129. The highest BCUT2D eigenvalue weighted by atomic mass is 16.5. The van der Waals surface area contributed by atoms with Crippen molar-refractivity contribution >= 4 is 23.3 Å². The standard InChI is InChI=1S/C26H27N7O3/c1-2-36-26(35)22-16-31-33-23(29-12-18-6-4-3-5-7-18)21(15-30-24(22)33)25(34)32-10-8-19(9-11-32)20-13-27-17-28-14-20/h3-7,13-17,19,29H,2,8-12H2,1H3. The highest BCUT2D eigenvalue weighted by Crippen LogP contribution is 2.29. The number of amides is 1. The maximum Gasteiger partial charge on any atom is 0.343 e. The molecule has 0 unspecified atom stereocenters. The van der Waals surface area contributed by atoms with Gasteiger partial charge in [-0.25, -0.2) is 19.7 Å². The summed E-state index contributed by atoms with van der Waals surface area (Å²) in [6, 6.07) is 9.86. The van der Waals surface area contributed by atoms with Gasteiger partial charge in [-0.15, -0.1) is 0 Å². The lowest BCUT2D eigenvalue weighted by Crippen LogP contribution is -2.38. The smallest absolute Gasteiger partial charge is 0.343 e. The molecule has 36 heavy (non-hydrogen) atoms. The summed E-state index contributed by atoms with van der Waals surface area (Å²) in [5.74, 6) is 0.184. The first-order chi connectivity index (χ1) is 17.7. The predicted molar refractivity (Wildman–Crippen MR) is 133 cm³/mol. The van der Waals surface area contributed by atoms with Crippen LogP contribution >= 0.6 is 0 Å². The van der Waals surface area contributed by atoms with Crippen LogP contribution in [0.3, 0.4) is 0 Å². The van der Waals surface area contributed by atoms with Crippen molar-refractivity contribution in [2.75, 3.05) is 25.0 Å². The van der Waals surface area contributed by atoms with Crippen molar-refractivity contribution in [2.45, 2.75) is 32.2 Å². The molecule has 10 nitrogen and oxygen atoms in total. The van der Waals surface area contributed by atoms with E-state index in [1.165, 1.54) is 23.2 Å². The van der Waals surface area contributed by atoms with Crippen LogP contribution in [0.4, 0.5) is 5.82 Å². The molecule has 1 aliphatic rings. The Kier molecular flexibility index (Phi) is 6.83. The Labute approximate surface area is 208 Å². The molecule has 10 heteroatoms. The Balaban J connectivity index is 1.43. The second-order valence-corrected chi connectivity index (χ2v) is 8.61. The number of carbonyl (C=O) groups is 2. The normalized spacial score (nSPS) is 14.1.